The normalized spacial score (nSPS) is 20.6. The van der Waals surface area contributed by atoms with Crippen LogP contribution in [0, 0.1) is 0 Å². The maximum Gasteiger partial charge on any atom is 0.134 e. The molecule has 1 atom stereocenters. The molecule has 0 N–H and O–H groups in total. The van der Waals surface area contributed by atoms with E-state index in [0.29, 0.717) is 11.0 Å². The Morgan fingerprint density at radius 3 is 2.70 bits per heavy atom. The summed E-state index contributed by atoms with van der Waals surface area (Å²) in [6.45, 7) is 0. The Morgan fingerprint density at radius 2 is 1.80 bits per heavy atom. The second-order valence-corrected chi connectivity index (χ2v) is 6.96. The average molecular weight is 284 g/mol. The Balaban J connectivity index is 1.75. The van der Waals surface area contributed by atoms with Gasteiger partial charge in [0.15, 0.2) is 0 Å². The van der Waals surface area contributed by atoms with Crippen LogP contribution in [0.1, 0.15) is 38.5 Å². The van der Waals surface area contributed by atoms with Gasteiger partial charge >= 0.3 is 0 Å². The molecule has 3 rings (SSSR count). The van der Waals surface area contributed by atoms with Crippen molar-refractivity contribution in [3.8, 4) is 0 Å². The van der Waals surface area contributed by atoms with E-state index in [2.05, 4.69) is 42.5 Å². The fourth-order valence-corrected chi connectivity index (χ4v) is 4.14. The zero-order chi connectivity index (χ0) is 13.8. The minimum atomic E-state index is 0.447. The summed E-state index contributed by atoms with van der Waals surface area (Å²) in [6.07, 6.45) is 6.26. The molecule has 0 bridgehead atoms. The van der Waals surface area contributed by atoms with Gasteiger partial charge in [-0.15, -0.1) is 11.8 Å². The van der Waals surface area contributed by atoms with Gasteiger partial charge in [-0.1, -0.05) is 43.2 Å². The van der Waals surface area contributed by atoms with E-state index in [9.17, 15) is 4.79 Å². The van der Waals surface area contributed by atoms with Crippen molar-refractivity contribution in [3.05, 3.63) is 42.5 Å². The Kier molecular flexibility index (Phi) is 4.41. The van der Waals surface area contributed by atoms with E-state index in [4.69, 9.17) is 0 Å². The third kappa shape index (κ3) is 3.43. The maximum absolute atomic E-state index is 11.8. The topological polar surface area (TPSA) is 17.1 Å². The third-order valence-electron chi connectivity index (χ3n) is 3.96. The summed E-state index contributed by atoms with van der Waals surface area (Å²) in [4.78, 5) is 13.1. The lowest BCUT2D eigenvalue weighted by atomic mass is 10.00. The van der Waals surface area contributed by atoms with Crippen LogP contribution >= 0.6 is 11.8 Å². The van der Waals surface area contributed by atoms with Gasteiger partial charge in [0, 0.05) is 23.0 Å². The molecule has 0 radical (unpaired) electrons. The maximum atomic E-state index is 11.8. The van der Waals surface area contributed by atoms with Crippen LogP contribution in [0.5, 0.6) is 0 Å². The Labute approximate surface area is 124 Å². The first-order valence-electron chi connectivity index (χ1n) is 7.48. The lowest BCUT2D eigenvalue weighted by Gasteiger charge is -2.18. The minimum Gasteiger partial charge on any atom is -0.300 e. The molecule has 1 nitrogen and oxygen atoms in total. The van der Waals surface area contributed by atoms with Crippen LogP contribution in [0.25, 0.3) is 10.8 Å². The van der Waals surface area contributed by atoms with E-state index in [0.717, 1.165) is 19.3 Å². The van der Waals surface area contributed by atoms with Gasteiger partial charge in [-0.05, 0) is 35.7 Å². The van der Waals surface area contributed by atoms with E-state index in [1.54, 1.807) is 0 Å². The number of hydrogen-bond acceptors (Lipinski definition) is 2. The zero-order valence-corrected chi connectivity index (χ0v) is 12.5. The molecule has 2 aromatic carbocycles. The highest BCUT2D eigenvalue weighted by Gasteiger charge is 2.17. The van der Waals surface area contributed by atoms with Crippen molar-refractivity contribution in [3.63, 3.8) is 0 Å². The van der Waals surface area contributed by atoms with E-state index >= 15 is 0 Å². The molecule has 0 aliphatic heterocycles. The molecule has 2 aromatic rings. The number of Topliss-reactive ketones (excluding diaryl/α,β-unsaturated/α-hetero) is 1. The molecule has 1 aliphatic rings. The second-order valence-electron chi connectivity index (χ2n) is 5.59. The van der Waals surface area contributed by atoms with Crippen LogP contribution in [-0.4, -0.2) is 11.0 Å². The lowest BCUT2D eigenvalue weighted by Crippen LogP contribution is -2.13. The second kappa shape index (κ2) is 6.45. The molecule has 0 heterocycles. The molecule has 0 aromatic heterocycles. The van der Waals surface area contributed by atoms with Crippen LogP contribution in [0.3, 0.4) is 0 Å². The summed E-state index contributed by atoms with van der Waals surface area (Å²) in [7, 11) is 0. The summed E-state index contributed by atoms with van der Waals surface area (Å²) < 4.78 is 0. The van der Waals surface area contributed by atoms with Gasteiger partial charge in [-0.3, -0.25) is 4.79 Å². The predicted molar refractivity (Wildman–Crippen MR) is 86.3 cm³/mol. The number of ketones is 1. The van der Waals surface area contributed by atoms with Crippen molar-refractivity contribution in [1.82, 2.24) is 0 Å². The summed E-state index contributed by atoms with van der Waals surface area (Å²) >= 11 is 1.88. The number of hydrogen-bond donors (Lipinski definition) is 0. The SMILES string of the molecule is O=C1CCCCC[C@H](Sc2ccc3ccccc3c2)C1. The van der Waals surface area contributed by atoms with Gasteiger partial charge < -0.3 is 0 Å². The molecule has 104 valence electrons. The van der Waals surface area contributed by atoms with Crippen LogP contribution in [0.15, 0.2) is 47.4 Å². The van der Waals surface area contributed by atoms with Crippen LogP contribution in [0.4, 0.5) is 0 Å². The molecule has 0 amide bonds. The largest absolute Gasteiger partial charge is 0.300 e. The molecule has 1 fully saturated rings. The molecular weight excluding hydrogens is 264 g/mol. The predicted octanol–water partition coefficient (Wildman–Crippen LogP) is 5.22. The minimum absolute atomic E-state index is 0.447. The van der Waals surface area contributed by atoms with Crippen molar-refractivity contribution < 1.29 is 4.79 Å². The van der Waals surface area contributed by atoms with Gasteiger partial charge in [0.05, 0.1) is 0 Å². The monoisotopic (exact) mass is 284 g/mol. The van der Waals surface area contributed by atoms with Gasteiger partial charge in [0.25, 0.3) is 0 Å². The van der Waals surface area contributed by atoms with E-state index in [-0.39, 0.29) is 0 Å². The number of rotatable bonds is 2. The molecule has 1 aliphatic carbocycles. The fourth-order valence-electron chi connectivity index (χ4n) is 2.86. The number of carbonyl (C=O) groups is 1. The number of fused-ring (bicyclic) bond motifs is 1. The number of thioether (sulfide) groups is 1. The lowest BCUT2D eigenvalue weighted by molar-refractivity contribution is -0.119. The molecule has 1 saturated carbocycles. The Hall–Kier alpha value is -1.28. The zero-order valence-electron chi connectivity index (χ0n) is 11.7. The average Bonchev–Trinajstić information content (AvgIpc) is 2.44. The van der Waals surface area contributed by atoms with Crippen LogP contribution < -0.4 is 0 Å². The molecule has 0 unspecified atom stereocenters. The molecule has 20 heavy (non-hydrogen) atoms. The molecule has 0 saturated heterocycles. The van der Waals surface area contributed by atoms with Crippen molar-refractivity contribution in [1.29, 1.82) is 0 Å². The summed E-state index contributed by atoms with van der Waals surface area (Å²) in [5.74, 6) is 0.447. The molecular formula is C18H20OS. The standard InChI is InChI=1S/C18H20OS/c19-16-8-2-1-3-9-17(13-16)20-18-11-10-14-6-4-5-7-15(14)12-18/h4-7,10-12,17H,1-3,8-9,13H2/t17-/m0/s1. The summed E-state index contributed by atoms with van der Waals surface area (Å²) in [6, 6.07) is 15.1. The first kappa shape index (κ1) is 13.7. The molecule has 2 heteroatoms. The highest BCUT2D eigenvalue weighted by Crippen LogP contribution is 2.32. The first-order valence-corrected chi connectivity index (χ1v) is 8.36. The number of carbonyl (C=O) groups excluding carboxylic acids is 1. The van der Waals surface area contributed by atoms with Crippen LogP contribution in [-0.2, 0) is 4.79 Å². The van der Waals surface area contributed by atoms with Crippen molar-refractivity contribution in [2.45, 2.75) is 48.7 Å². The Morgan fingerprint density at radius 1 is 0.950 bits per heavy atom. The summed E-state index contributed by atoms with van der Waals surface area (Å²) in [5.41, 5.74) is 0. The van der Waals surface area contributed by atoms with Gasteiger partial charge in [0.1, 0.15) is 5.78 Å². The smallest absolute Gasteiger partial charge is 0.134 e. The summed E-state index contributed by atoms with van der Waals surface area (Å²) in [5, 5.41) is 3.03. The van der Waals surface area contributed by atoms with E-state index in [1.165, 1.54) is 34.9 Å². The van der Waals surface area contributed by atoms with Gasteiger partial charge in [0.2, 0.25) is 0 Å². The highest BCUT2D eigenvalue weighted by molar-refractivity contribution is 8.00. The van der Waals surface area contributed by atoms with Gasteiger partial charge in [-0.2, -0.15) is 0 Å². The first-order chi connectivity index (χ1) is 9.81. The third-order valence-corrected chi connectivity index (χ3v) is 5.22. The molecule has 0 spiro atoms. The van der Waals surface area contributed by atoms with Crippen molar-refractivity contribution in [2.24, 2.45) is 0 Å². The number of benzene rings is 2. The Bertz CT molecular complexity index is 605. The van der Waals surface area contributed by atoms with Gasteiger partial charge in [-0.25, -0.2) is 0 Å². The fraction of sp³-hybridized carbons (Fsp3) is 0.389. The highest BCUT2D eigenvalue weighted by atomic mass is 32.2. The van der Waals surface area contributed by atoms with Crippen molar-refractivity contribution in [2.75, 3.05) is 0 Å². The van der Waals surface area contributed by atoms with E-state index < -0.39 is 0 Å². The van der Waals surface area contributed by atoms with Crippen LogP contribution in [0.2, 0.25) is 0 Å². The quantitative estimate of drug-likeness (QED) is 0.751. The van der Waals surface area contributed by atoms with Crippen molar-refractivity contribution >= 4 is 28.3 Å². The van der Waals surface area contributed by atoms with E-state index in [1.807, 2.05) is 11.8 Å².